The molecule has 0 spiro atoms. The van der Waals surface area contributed by atoms with Crippen LogP contribution >= 0.6 is 0 Å². The number of nitrogens with zero attached hydrogens (tertiary/aromatic N) is 1. The van der Waals surface area contributed by atoms with Crippen LogP contribution in [-0.4, -0.2) is 20.5 Å². The summed E-state index contributed by atoms with van der Waals surface area (Å²) in [5, 5.41) is 10.7. The lowest BCUT2D eigenvalue weighted by molar-refractivity contribution is -0.0436. The van der Waals surface area contributed by atoms with Gasteiger partial charge in [-0.25, -0.2) is 0 Å². The van der Waals surface area contributed by atoms with E-state index < -0.39 is 19.8 Å². The highest BCUT2D eigenvalue weighted by Crippen LogP contribution is 2.40. The third-order valence-electron chi connectivity index (χ3n) is 5.32. The quantitative estimate of drug-likeness (QED) is 0.374. The Morgan fingerprint density at radius 2 is 1.26 bits per heavy atom. The molecule has 3 nitrogen and oxygen atoms in total. The van der Waals surface area contributed by atoms with Gasteiger partial charge in [-0.2, -0.15) is 5.26 Å². The van der Waals surface area contributed by atoms with Crippen molar-refractivity contribution in [3.05, 3.63) is 108 Å². The number of nitriles is 1. The zero-order valence-corrected chi connectivity index (χ0v) is 19.8. The Morgan fingerprint density at radius 1 is 0.806 bits per heavy atom. The van der Waals surface area contributed by atoms with Gasteiger partial charge in [-0.1, -0.05) is 91.0 Å². The van der Waals surface area contributed by atoms with Crippen molar-refractivity contribution < 1.29 is 9.16 Å². The molecule has 4 heteroatoms. The van der Waals surface area contributed by atoms with Gasteiger partial charge < -0.3 is 9.16 Å². The first kappa shape index (κ1) is 23.0. The summed E-state index contributed by atoms with van der Waals surface area (Å²) in [7, 11) is -2.01. The molecule has 0 bridgehead atoms. The molecule has 0 fully saturated rings. The Balaban J connectivity index is 2.08. The first-order valence-electron chi connectivity index (χ1n) is 10.7. The highest BCUT2D eigenvalue weighted by Gasteiger charge is 2.48. The van der Waals surface area contributed by atoms with E-state index >= 15 is 0 Å². The number of hydrogen-bond donors (Lipinski definition) is 0. The molecule has 0 aromatic heterocycles. The van der Waals surface area contributed by atoms with Gasteiger partial charge in [0.05, 0.1) is 24.9 Å². The molecule has 0 aliphatic carbocycles. The summed E-state index contributed by atoms with van der Waals surface area (Å²) in [5.74, 6) is 0. The summed E-state index contributed by atoms with van der Waals surface area (Å²) >= 11 is 0. The molecule has 3 aromatic rings. The zero-order valence-electron chi connectivity index (χ0n) is 18.8. The molecule has 0 radical (unpaired) electrons. The van der Waals surface area contributed by atoms with Crippen LogP contribution in [0.5, 0.6) is 0 Å². The monoisotopic (exact) mass is 429 g/mol. The summed E-state index contributed by atoms with van der Waals surface area (Å²) in [5.41, 5.74) is 1.95. The minimum Gasteiger partial charge on any atom is -0.410 e. The summed E-state index contributed by atoms with van der Waals surface area (Å²) in [6, 6.07) is 32.7. The van der Waals surface area contributed by atoms with Crippen molar-refractivity contribution in [2.24, 2.45) is 0 Å². The first-order chi connectivity index (χ1) is 14.9. The van der Waals surface area contributed by atoms with E-state index in [-0.39, 0.29) is 6.10 Å². The average Bonchev–Trinajstić information content (AvgIpc) is 2.79. The van der Waals surface area contributed by atoms with Crippen molar-refractivity contribution in [2.75, 3.05) is 0 Å². The normalized spacial score (nSPS) is 13.9. The van der Waals surface area contributed by atoms with Gasteiger partial charge in [0.15, 0.2) is 8.32 Å². The molecule has 0 saturated heterocycles. The molecule has 0 saturated carbocycles. The molecule has 3 rings (SSSR count). The van der Waals surface area contributed by atoms with Crippen LogP contribution < -0.4 is 0 Å². The second-order valence-electron chi connectivity index (χ2n) is 8.80. The molecular weight excluding hydrogens is 398 g/mol. The maximum absolute atomic E-state index is 10.7. The Morgan fingerprint density at radius 3 is 1.68 bits per heavy atom. The van der Waals surface area contributed by atoms with E-state index in [0.29, 0.717) is 6.61 Å². The van der Waals surface area contributed by atoms with E-state index in [1.54, 1.807) is 0 Å². The van der Waals surface area contributed by atoms with Crippen LogP contribution in [0.2, 0.25) is 19.6 Å². The molecule has 3 aromatic carbocycles. The van der Waals surface area contributed by atoms with Crippen LogP contribution in [0.25, 0.3) is 0 Å². The van der Waals surface area contributed by atoms with Gasteiger partial charge in [-0.05, 0) is 43.3 Å². The highest BCUT2D eigenvalue weighted by atomic mass is 28.4. The molecule has 0 aliphatic heterocycles. The van der Waals surface area contributed by atoms with E-state index in [2.05, 4.69) is 25.7 Å². The van der Waals surface area contributed by atoms with Crippen LogP contribution in [0.4, 0.5) is 0 Å². The third kappa shape index (κ3) is 5.51. The third-order valence-corrected chi connectivity index (χ3v) is 6.29. The van der Waals surface area contributed by atoms with Gasteiger partial charge >= 0.3 is 0 Å². The fraction of sp³-hybridized carbons (Fsp3) is 0.296. The molecule has 0 amide bonds. The largest absolute Gasteiger partial charge is 0.410 e. The fourth-order valence-electron chi connectivity index (χ4n) is 3.90. The second kappa shape index (κ2) is 10.1. The molecule has 0 aliphatic rings. The van der Waals surface area contributed by atoms with E-state index in [1.807, 2.05) is 97.9 Å². The molecule has 2 atom stereocenters. The minimum absolute atomic E-state index is 0.299. The van der Waals surface area contributed by atoms with E-state index in [0.717, 1.165) is 16.7 Å². The Kier molecular flexibility index (Phi) is 7.45. The van der Waals surface area contributed by atoms with Crippen molar-refractivity contribution in [3.8, 4) is 6.07 Å². The van der Waals surface area contributed by atoms with E-state index in [1.165, 1.54) is 0 Å². The van der Waals surface area contributed by atoms with Crippen LogP contribution in [0.1, 0.15) is 23.6 Å². The maximum Gasteiger partial charge on any atom is 0.184 e. The predicted molar refractivity (Wildman–Crippen MR) is 128 cm³/mol. The summed E-state index contributed by atoms with van der Waals surface area (Å²) < 4.78 is 13.1. The van der Waals surface area contributed by atoms with Gasteiger partial charge in [0, 0.05) is 0 Å². The minimum atomic E-state index is -2.01. The van der Waals surface area contributed by atoms with Crippen molar-refractivity contribution in [1.29, 1.82) is 5.26 Å². The van der Waals surface area contributed by atoms with Gasteiger partial charge in [-0.3, -0.25) is 0 Å². The molecular formula is C27H31NO2Si. The Hall–Kier alpha value is -2.71. The van der Waals surface area contributed by atoms with Crippen LogP contribution in [-0.2, 0) is 21.2 Å². The molecule has 0 heterocycles. The smallest absolute Gasteiger partial charge is 0.184 e. The Labute approximate surface area is 187 Å². The van der Waals surface area contributed by atoms with Crippen molar-refractivity contribution in [3.63, 3.8) is 0 Å². The van der Waals surface area contributed by atoms with Crippen molar-refractivity contribution in [1.82, 2.24) is 0 Å². The predicted octanol–water partition coefficient (Wildman–Crippen LogP) is 6.32. The molecule has 31 heavy (non-hydrogen) atoms. The van der Waals surface area contributed by atoms with Gasteiger partial charge in [0.1, 0.15) is 5.41 Å². The Bertz CT molecular complexity index is 939. The average molecular weight is 430 g/mol. The first-order valence-corrected chi connectivity index (χ1v) is 14.1. The molecule has 160 valence electrons. The van der Waals surface area contributed by atoms with Crippen LogP contribution in [0.3, 0.4) is 0 Å². The highest BCUT2D eigenvalue weighted by molar-refractivity contribution is 6.69. The van der Waals surface area contributed by atoms with Crippen molar-refractivity contribution in [2.45, 2.75) is 50.8 Å². The second-order valence-corrected chi connectivity index (χ2v) is 13.3. The molecule has 0 N–H and O–H groups in total. The lowest BCUT2D eigenvalue weighted by Crippen LogP contribution is -2.52. The van der Waals surface area contributed by atoms with Gasteiger partial charge in [-0.15, -0.1) is 0 Å². The van der Waals surface area contributed by atoms with Crippen LogP contribution in [0.15, 0.2) is 91.0 Å². The summed E-state index contributed by atoms with van der Waals surface area (Å²) in [4.78, 5) is 0. The number of benzene rings is 3. The zero-order chi connectivity index (χ0) is 22.3. The number of hydrogen-bond acceptors (Lipinski definition) is 3. The van der Waals surface area contributed by atoms with E-state index in [9.17, 15) is 5.26 Å². The number of ether oxygens (including phenoxy) is 1. The van der Waals surface area contributed by atoms with Crippen LogP contribution in [0, 0.1) is 11.3 Å². The fourth-order valence-corrected chi connectivity index (χ4v) is 5.03. The molecule has 0 unspecified atom stereocenters. The standard InChI is InChI=1S/C27H31NO2Si/c1-22(29-20-23-14-8-5-9-15-23)26(30-31(2,3)4)27(21-28,24-16-10-6-11-17-24)25-18-12-7-13-19-25/h5-19,22,26H,20H2,1-4H3/t22-,26+/m0/s1. The van der Waals surface area contributed by atoms with Crippen molar-refractivity contribution >= 4 is 8.32 Å². The summed E-state index contributed by atoms with van der Waals surface area (Å²) in [6.07, 6.45) is -0.760. The summed E-state index contributed by atoms with van der Waals surface area (Å²) in [6.45, 7) is 8.95. The van der Waals surface area contributed by atoms with Gasteiger partial charge in [0.2, 0.25) is 0 Å². The van der Waals surface area contributed by atoms with E-state index in [4.69, 9.17) is 9.16 Å². The van der Waals surface area contributed by atoms with Gasteiger partial charge in [0.25, 0.3) is 0 Å². The topological polar surface area (TPSA) is 42.2 Å². The lowest BCUT2D eigenvalue weighted by atomic mass is 9.70. The number of rotatable bonds is 9. The maximum atomic E-state index is 10.7. The SMILES string of the molecule is C[C@H](OCc1ccccc1)[C@@H](O[Si](C)(C)C)C(C#N)(c1ccccc1)c1ccccc1. The lowest BCUT2D eigenvalue weighted by Gasteiger charge is -2.42.